The van der Waals surface area contributed by atoms with Crippen LogP contribution >= 0.6 is 0 Å². The molecule has 3 nitrogen and oxygen atoms in total. The zero-order chi connectivity index (χ0) is 14.3. The average molecular weight is 264 g/mol. The molecule has 0 bridgehead atoms. The third-order valence-corrected chi connectivity index (χ3v) is 3.82. The molecule has 0 saturated heterocycles. The number of nitrogens with two attached hydrogens (primary N) is 1. The minimum Gasteiger partial charge on any atom is -0.497 e. The van der Waals surface area contributed by atoms with Gasteiger partial charge in [-0.2, -0.15) is 0 Å². The Morgan fingerprint density at radius 1 is 1.21 bits per heavy atom. The Hall–Kier alpha value is -1.06. The predicted molar refractivity (Wildman–Crippen MR) is 81.7 cm³/mol. The smallest absolute Gasteiger partial charge is 0.118 e. The van der Waals surface area contributed by atoms with Crippen LogP contribution in [0.25, 0.3) is 0 Å². The Morgan fingerprint density at radius 2 is 1.84 bits per heavy atom. The first-order chi connectivity index (χ1) is 9.09. The van der Waals surface area contributed by atoms with Crippen molar-refractivity contribution in [3.05, 3.63) is 29.8 Å². The summed E-state index contributed by atoms with van der Waals surface area (Å²) in [4.78, 5) is 2.48. The second kappa shape index (κ2) is 7.51. The summed E-state index contributed by atoms with van der Waals surface area (Å²) in [5.74, 6) is 0.902. The third kappa shape index (κ3) is 4.22. The SMILES string of the molecule is CCCN(CC)C(C)(CN)Cc1ccc(OC)cc1. The third-order valence-electron chi connectivity index (χ3n) is 3.82. The van der Waals surface area contributed by atoms with E-state index in [9.17, 15) is 0 Å². The van der Waals surface area contributed by atoms with Crippen molar-refractivity contribution in [1.82, 2.24) is 4.90 Å². The Morgan fingerprint density at radius 3 is 2.26 bits per heavy atom. The molecule has 3 heteroatoms. The molecule has 1 unspecified atom stereocenters. The summed E-state index contributed by atoms with van der Waals surface area (Å²) >= 11 is 0. The molecular formula is C16H28N2O. The second-order valence-corrected chi connectivity index (χ2v) is 5.31. The summed E-state index contributed by atoms with van der Waals surface area (Å²) in [6.07, 6.45) is 2.13. The minimum absolute atomic E-state index is 0.0271. The number of likely N-dealkylation sites (N-methyl/N-ethyl adjacent to an activating group) is 1. The molecule has 0 radical (unpaired) electrons. The fraction of sp³-hybridized carbons (Fsp3) is 0.625. The van der Waals surface area contributed by atoms with E-state index < -0.39 is 0 Å². The van der Waals surface area contributed by atoms with E-state index in [4.69, 9.17) is 10.5 Å². The molecule has 1 atom stereocenters. The van der Waals surface area contributed by atoms with Gasteiger partial charge in [0.1, 0.15) is 5.75 Å². The van der Waals surface area contributed by atoms with Gasteiger partial charge in [0.2, 0.25) is 0 Å². The fourth-order valence-corrected chi connectivity index (χ4v) is 2.58. The largest absolute Gasteiger partial charge is 0.497 e. The number of nitrogens with zero attached hydrogens (tertiary/aromatic N) is 1. The molecule has 2 N–H and O–H groups in total. The molecule has 1 rings (SSSR count). The van der Waals surface area contributed by atoms with Crippen molar-refractivity contribution >= 4 is 0 Å². The van der Waals surface area contributed by atoms with Crippen LogP contribution in [0.15, 0.2) is 24.3 Å². The lowest BCUT2D eigenvalue weighted by Gasteiger charge is -2.40. The molecule has 0 aliphatic rings. The molecule has 0 heterocycles. The van der Waals surface area contributed by atoms with Crippen LogP contribution in [0.1, 0.15) is 32.8 Å². The number of hydrogen-bond donors (Lipinski definition) is 1. The van der Waals surface area contributed by atoms with Gasteiger partial charge < -0.3 is 10.5 Å². The molecule has 19 heavy (non-hydrogen) atoms. The van der Waals surface area contributed by atoms with Crippen molar-refractivity contribution < 1.29 is 4.74 Å². The highest BCUT2D eigenvalue weighted by atomic mass is 16.5. The van der Waals surface area contributed by atoms with Gasteiger partial charge in [0.25, 0.3) is 0 Å². The van der Waals surface area contributed by atoms with Crippen LogP contribution < -0.4 is 10.5 Å². The van der Waals surface area contributed by atoms with E-state index in [-0.39, 0.29) is 5.54 Å². The molecule has 0 aliphatic carbocycles. The molecule has 0 fully saturated rings. The molecule has 0 amide bonds. The molecule has 0 saturated carbocycles. The van der Waals surface area contributed by atoms with Crippen molar-refractivity contribution in [3.8, 4) is 5.75 Å². The molecule has 108 valence electrons. The molecule has 1 aromatic carbocycles. The highest BCUT2D eigenvalue weighted by Crippen LogP contribution is 2.22. The predicted octanol–water partition coefficient (Wildman–Crippen LogP) is 2.69. The first-order valence-corrected chi connectivity index (χ1v) is 7.17. The van der Waals surface area contributed by atoms with E-state index in [1.165, 1.54) is 5.56 Å². The highest BCUT2D eigenvalue weighted by molar-refractivity contribution is 5.28. The van der Waals surface area contributed by atoms with Gasteiger partial charge in [0.15, 0.2) is 0 Å². The summed E-state index contributed by atoms with van der Waals surface area (Å²) in [6.45, 7) is 9.49. The Balaban J connectivity index is 2.83. The van der Waals surface area contributed by atoms with Crippen LogP contribution in [0.5, 0.6) is 5.75 Å². The van der Waals surface area contributed by atoms with Crippen LogP contribution in [-0.2, 0) is 6.42 Å². The summed E-state index contributed by atoms with van der Waals surface area (Å²) in [6, 6.07) is 8.30. The van der Waals surface area contributed by atoms with E-state index >= 15 is 0 Å². The normalized spacial score (nSPS) is 14.4. The van der Waals surface area contributed by atoms with Crippen LogP contribution in [0.4, 0.5) is 0 Å². The molecule has 0 aromatic heterocycles. The molecular weight excluding hydrogens is 236 g/mol. The van der Waals surface area contributed by atoms with Crippen LogP contribution in [0, 0.1) is 0 Å². The van der Waals surface area contributed by atoms with E-state index in [0.29, 0.717) is 6.54 Å². The minimum atomic E-state index is 0.0271. The summed E-state index contributed by atoms with van der Waals surface area (Å²) in [5, 5.41) is 0. The lowest BCUT2D eigenvalue weighted by atomic mass is 9.90. The van der Waals surface area contributed by atoms with Gasteiger partial charge in [-0.1, -0.05) is 26.0 Å². The molecule has 1 aromatic rings. The van der Waals surface area contributed by atoms with E-state index in [2.05, 4.69) is 37.8 Å². The van der Waals surface area contributed by atoms with Crippen molar-refractivity contribution in [2.45, 2.75) is 39.2 Å². The summed E-state index contributed by atoms with van der Waals surface area (Å²) in [7, 11) is 1.69. The second-order valence-electron chi connectivity index (χ2n) is 5.31. The number of methoxy groups -OCH3 is 1. The standard InChI is InChI=1S/C16H28N2O/c1-5-11-18(6-2)16(3,13-17)12-14-7-9-15(19-4)10-8-14/h7-10H,5-6,11-13,17H2,1-4H3. The zero-order valence-corrected chi connectivity index (χ0v) is 12.8. The topological polar surface area (TPSA) is 38.5 Å². The average Bonchev–Trinajstić information content (AvgIpc) is 2.45. The fourth-order valence-electron chi connectivity index (χ4n) is 2.58. The zero-order valence-electron chi connectivity index (χ0n) is 12.8. The molecule has 0 aliphatic heterocycles. The van der Waals surface area contributed by atoms with Crippen LogP contribution in [0.2, 0.25) is 0 Å². The summed E-state index contributed by atoms with van der Waals surface area (Å²) < 4.78 is 5.20. The summed E-state index contributed by atoms with van der Waals surface area (Å²) in [5.41, 5.74) is 7.39. The van der Waals surface area contributed by atoms with Crippen molar-refractivity contribution in [2.24, 2.45) is 5.73 Å². The lowest BCUT2D eigenvalue weighted by Crippen LogP contribution is -2.53. The number of ether oxygens (including phenoxy) is 1. The van der Waals surface area contributed by atoms with Gasteiger partial charge in [-0.3, -0.25) is 4.90 Å². The van der Waals surface area contributed by atoms with Crippen LogP contribution in [-0.4, -0.2) is 37.2 Å². The Kier molecular flexibility index (Phi) is 6.32. The maximum absolute atomic E-state index is 6.05. The molecule has 0 spiro atoms. The Labute approximate surface area is 117 Å². The first-order valence-electron chi connectivity index (χ1n) is 7.17. The highest BCUT2D eigenvalue weighted by Gasteiger charge is 2.29. The van der Waals surface area contributed by atoms with Gasteiger partial charge in [0, 0.05) is 12.1 Å². The lowest BCUT2D eigenvalue weighted by molar-refractivity contribution is 0.117. The quantitative estimate of drug-likeness (QED) is 0.784. The van der Waals surface area contributed by atoms with Gasteiger partial charge in [-0.05, 0) is 50.6 Å². The van der Waals surface area contributed by atoms with Crippen molar-refractivity contribution in [1.29, 1.82) is 0 Å². The van der Waals surface area contributed by atoms with E-state index in [0.717, 1.165) is 31.7 Å². The number of hydrogen-bond acceptors (Lipinski definition) is 3. The van der Waals surface area contributed by atoms with Crippen LogP contribution in [0.3, 0.4) is 0 Å². The van der Waals surface area contributed by atoms with Gasteiger partial charge >= 0.3 is 0 Å². The van der Waals surface area contributed by atoms with Crippen molar-refractivity contribution in [2.75, 3.05) is 26.7 Å². The van der Waals surface area contributed by atoms with E-state index in [1.54, 1.807) is 7.11 Å². The van der Waals surface area contributed by atoms with Gasteiger partial charge in [0.05, 0.1) is 7.11 Å². The van der Waals surface area contributed by atoms with Gasteiger partial charge in [-0.15, -0.1) is 0 Å². The maximum Gasteiger partial charge on any atom is 0.118 e. The van der Waals surface area contributed by atoms with Crippen molar-refractivity contribution in [3.63, 3.8) is 0 Å². The monoisotopic (exact) mass is 264 g/mol. The van der Waals surface area contributed by atoms with E-state index in [1.807, 2.05) is 12.1 Å². The Bertz CT molecular complexity index is 364. The first kappa shape index (κ1) is 16.0. The van der Waals surface area contributed by atoms with Gasteiger partial charge in [-0.25, -0.2) is 0 Å². The number of benzene rings is 1. The maximum atomic E-state index is 6.05. The number of rotatable bonds is 8.